The van der Waals surface area contributed by atoms with E-state index in [2.05, 4.69) is 21.3 Å². The molecular formula is C12H11FO4. The standard InChI is InChI=1S/C12H11FO4/c1-15-8-17-10-5-3-9(11(13)7-10)4-6-12(14)16-2/h3,5,7H,8H2,1-2H3. The summed E-state index contributed by atoms with van der Waals surface area (Å²) in [4.78, 5) is 10.7. The van der Waals surface area contributed by atoms with Gasteiger partial charge >= 0.3 is 5.97 Å². The van der Waals surface area contributed by atoms with Gasteiger partial charge in [0, 0.05) is 19.1 Å². The monoisotopic (exact) mass is 238 g/mol. The lowest BCUT2D eigenvalue weighted by Crippen LogP contribution is -1.99. The van der Waals surface area contributed by atoms with Crippen molar-refractivity contribution in [2.45, 2.75) is 0 Å². The van der Waals surface area contributed by atoms with Crippen LogP contribution in [0.4, 0.5) is 4.39 Å². The van der Waals surface area contributed by atoms with E-state index in [4.69, 9.17) is 4.74 Å². The van der Waals surface area contributed by atoms with Gasteiger partial charge in [-0.3, -0.25) is 0 Å². The molecule has 1 aromatic rings. The second kappa shape index (κ2) is 6.51. The molecule has 0 aliphatic carbocycles. The molecule has 0 atom stereocenters. The van der Waals surface area contributed by atoms with Gasteiger partial charge in [-0.15, -0.1) is 0 Å². The molecule has 0 bridgehead atoms. The first-order valence-electron chi connectivity index (χ1n) is 4.68. The van der Waals surface area contributed by atoms with E-state index in [1.54, 1.807) is 0 Å². The quantitative estimate of drug-likeness (QED) is 0.453. The van der Waals surface area contributed by atoms with Crippen molar-refractivity contribution in [3.8, 4) is 17.6 Å². The predicted molar refractivity (Wildman–Crippen MR) is 57.8 cm³/mol. The molecule has 0 saturated carbocycles. The third kappa shape index (κ3) is 4.13. The number of carbonyl (C=O) groups excluding carboxylic acids is 1. The molecule has 17 heavy (non-hydrogen) atoms. The first-order valence-corrected chi connectivity index (χ1v) is 4.68. The molecule has 1 rings (SSSR count). The zero-order valence-corrected chi connectivity index (χ0v) is 9.45. The molecule has 0 unspecified atom stereocenters. The number of rotatable bonds is 3. The normalized spacial score (nSPS) is 9.12. The van der Waals surface area contributed by atoms with Crippen molar-refractivity contribution in [3.05, 3.63) is 29.6 Å². The maximum atomic E-state index is 13.5. The summed E-state index contributed by atoms with van der Waals surface area (Å²) in [6.07, 6.45) is 0. The first kappa shape index (κ1) is 13.0. The summed E-state index contributed by atoms with van der Waals surface area (Å²) >= 11 is 0. The number of hydrogen-bond acceptors (Lipinski definition) is 4. The molecule has 0 saturated heterocycles. The van der Waals surface area contributed by atoms with Crippen molar-refractivity contribution < 1.29 is 23.4 Å². The van der Waals surface area contributed by atoms with E-state index < -0.39 is 11.8 Å². The minimum Gasteiger partial charge on any atom is -0.467 e. The fraction of sp³-hybridized carbons (Fsp3) is 0.250. The molecule has 0 N–H and O–H groups in total. The van der Waals surface area contributed by atoms with E-state index in [9.17, 15) is 9.18 Å². The van der Waals surface area contributed by atoms with Crippen LogP contribution in [0.3, 0.4) is 0 Å². The average Bonchev–Trinajstić information content (AvgIpc) is 2.34. The highest BCUT2D eigenvalue weighted by Gasteiger charge is 2.02. The molecule has 0 fully saturated rings. The molecule has 4 nitrogen and oxygen atoms in total. The van der Waals surface area contributed by atoms with Crippen LogP contribution < -0.4 is 4.74 Å². The number of methoxy groups -OCH3 is 2. The summed E-state index contributed by atoms with van der Waals surface area (Å²) in [7, 11) is 2.67. The molecule has 0 radical (unpaired) electrons. The molecule has 90 valence electrons. The van der Waals surface area contributed by atoms with E-state index in [1.807, 2.05) is 0 Å². The highest BCUT2D eigenvalue weighted by atomic mass is 19.1. The number of benzene rings is 1. The van der Waals surface area contributed by atoms with E-state index in [0.717, 1.165) is 0 Å². The molecule has 0 aliphatic heterocycles. The Balaban J connectivity index is 2.81. The second-order valence-electron chi connectivity index (χ2n) is 2.93. The third-order valence-corrected chi connectivity index (χ3v) is 1.77. The Morgan fingerprint density at radius 1 is 1.41 bits per heavy atom. The fourth-order valence-corrected chi connectivity index (χ4v) is 0.983. The number of carbonyl (C=O) groups is 1. The Morgan fingerprint density at radius 3 is 2.76 bits per heavy atom. The lowest BCUT2D eigenvalue weighted by atomic mass is 10.2. The molecule has 1 aromatic carbocycles. The van der Waals surface area contributed by atoms with Crippen molar-refractivity contribution in [2.24, 2.45) is 0 Å². The fourth-order valence-electron chi connectivity index (χ4n) is 0.983. The first-order chi connectivity index (χ1) is 8.17. The summed E-state index contributed by atoms with van der Waals surface area (Å²) < 4.78 is 27.5. The van der Waals surface area contributed by atoms with Crippen LogP contribution in [0, 0.1) is 17.7 Å². The van der Waals surface area contributed by atoms with Crippen LogP contribution in [0.2, 0.25) is 0 Å². The number of ether oxygens (including phenoxy) is 3. The third-order valence-electron chi connectivity index (χ3n) is 1.77. The molecule has 0 amide bonds. The van der Waals surface area contributed by atoms with Gasteiger partial charge in [-0.1, -0.05) is 5.92 Å². The minimum absolute atomic E-state index is 0.0344. The Bertz CT molecular complexity index is 459. The topological polar surface area (TPSA) is 44.8 Å². The Hall–Kier alpha value is -2.06. The molecule has 0 aromatic heterocycles. The van der Waals surface area contributed by atoms with Crippen molar-refractivity contribution >= 4 is 5.97 Å². The number of esters is 1. The van der Waals surface area contributed by atoms with Gasteiger partial charge in [0.1, 0.15) is 11.6 Å². The van der Waals surface area contributed by atoms with Crippen LogP contribution in [0.5, 0.6) is 5.75 Å². The van der Waals surface area contributed by atoms with Gasteiger partial charge in [-0.25, -0.2) is 9.18 Å². The molecule has 5 heteroatoms. The largest absolute Gasteiger partial charge is 0.467 e. The molecule has 0 spiro atoms. The highest BCUT2D eigenvalue weighted by Crippen LogP contribution is 2.15. The van der Waals surface area contributed by atoms with Gasteiger partial charge in [-0.05, 0) is 12.1 Å². The smallest absolute Gasteiger partial charge is 0.384 e. The van der Waals surface area contributed by atoms with Gasteiger partial charge in [0.25, 0.3) is 0 Å². The van der Waals surface area contributed by atoms with Crippen molar-refractivity contribution in [3.63, 3.8) is 0 Å². The Labute approximate surface area is 98.3 Å². The second-order valence-corrected chi connectivity index (χ2v) is 2.93. The summed E-state index contributed by atoms with van der Waals surface area (Å²) in [5.41, 5.74) is 0.0974. The SMILES string of the molecule is COCOc1ccc(C#CC(=O)OC)c(F)c1. The van der Waals surface area contributed by atoms with Gasteiger partial charge in [-0.2, -0.15) is 0 Å². The molecule has 0 aliphatic rings. The van der Waals surface area contributed by atoms with Crippen LogP contribution in [0.15, 0.2) is 18.2 Å². The van der Waals surface area contributed by atoms with Crippen LogP contribution >= 0.6 is 0 Å². The summed E-state index contributed by atoms with van der Waals surface area (Å²) in [5.74, 6) is 3.53. The maximum Gasteiger partial charge on any atom is 0.384 e. The lowest BCUT2D eigenvalue weighted by Gasteiger charge is -2.04. The number of hydrogen-bond donors (Lipinski definition) is 0. The summed E-state index contributed by atoms with van der Waals surface area (Å²) in [6, 6.07) is 4.11. The van der Waals surface area contributed by atoms with E-state index >= 15 is 0 Å². The van der Waals surface area contributed by atoms with Crippen molar-refractivity contribution in [2.75, 3.05) is 21.0 Å². The van der Waals surface area contributed by atoms with E-state index in [0.29, 0.717) is 5.75 Å². The van der Waals surface area contributed by atoms with Crippen LogP contribution in [0.1, 0.15) is 5.56 Å². The zero-order valence-electron chi connectivity index (χ0n) is 9.45. The van der Waals surface area contributed by atoms with E-state index in [1.165, 1.54) is 32.4 Å². The summed E-state index contributed by atoms with van der Waals surface area (Å²) in [6.45, 7) is 0.0344. The summed E-state index contributed by atoms with van der Waals surface area (Å²) in [5, 5.41) is 0. The zero-order chi connectivity index (χ0) is 12.7. The van der Waals surface area contributed by atoms with Gasteiger partial charge in [0.05, 0.1) is 12.7 Å². The van der Waals surface area contributed by atoms with Crippen LogP contribution in [-0.2, 0) is 14.3 Å². The Kier molecular flexibility index (Phi) is 4.98. The van der Waals surface area contributed by atoms with Crippen molar-refractivity contribution in [1.29, 1.82) is 0 Å². The van der Waals surface area contributed by atoms with E-state index in [-0.39, 0.29) is 12.4 Å². The molecular weight excluding hydrogens is 227 g/mol. The van der Waals surface area contributed by atoms with Crippen LogP contribution in [-0.4, -0.2) is 27.0 Å². The average molecular weight is 238 g/mol. The number of halogens is 1. The van der Waals surface area contributed by atoms with Gasteiger partial charge in [0.15, 0.2) is 6.79 Å². The van der Waals surface area contributed by atoms with Gasteiger partial charge in [0.2, 0.25) is 0 Å². The predicted octanol–water partition coefficient (Wildman–Crippen LogP) is 1.33. The van der Waals surface area contributed by atoms with Crippen LogP contribution in [0.25, 0.3) is 0 Å². The van der Waals surface area contributed by atoms with Gasteiger partial charge < -0.3 is 14.2 Å². The minimum atomic E-state index is -0.718. The Morgan fingerprint density at radius 2 is 2.18 bits per heavy atom. The molecule has 0 heterocycles. The van der Waals surface area contributed by atoms with Crippen molar-refractivity contribution in [1.82, 2.24) is 0 Å². The lowest BCUT2D eigenvalue weighted by molar-refractivity contribution is -0.133. The maximum absolute atomic E-state index is 13.5. The highest BCUT2D eigenvalue weighted by molar-refractivity contribution is 5.89.